The van der Waals surface area contributed by atoms with E-state index in [-0.39, 0.29) is 6.61 Å². The van der Waals surface area contributed by atoms with Crippen LogP contribution in [0.3, 0.4) is 0 Å². The van der Waals surface area contributed by atoms with Gasteiger partial charge in [0.25, 0.3) is 0 Å². The third kappa shape index (κ3) is 3.63. The molecule has 170 valence electrons. The van der Waals surface area contributed by atoms with Crippen LogP contribution < -0.4 is 4.74 Å². The molecule has 0 fully saturated rings. The van der Waals surface area contributed by atoms with Gasteiger partial charge < -0.3 is 14.2 Å². The molecule has 2 aromatic heterocycles. The molecule has 34 heavy (non-hydrogen) atoms. The van der Waals surface area contributed by atoms with Crippen LogP contribution in [0, 0.1) is 17.1 Å². The van der Waals surface area contributed by atoms with Crippen molar-refractivity contribution in [1.29, 1.82) is 5.26 Å². The zero-order chi connectivity index (χ0) is 24.0. The van der Waals surface area contributed by atoms with Crippen molar-refractivity contribution in [3.63, 3.8) is 0 Å². The van der Waals surface area contributed by atoms with E-state index in [0.29, 0.717) is 50.8 Å². The Morgan fingerprint density at radius 1 is 1.24 bits per heavy atom. The maximum Gasteiger partial charge on any atom is 0.138 e. The molecule has 0 spiro atoms. The topological polar surface area (TPSA) is 70.6 Å². The van der Waals surface area contributed by atoms with E-state index in [9.17, 15) is 14.8 Å². The van der Waals surface area contributed by atoms with Gasteiger partial charge in [0.15, 0.2) is 0 Å². The van der Waals surface area contributed by atoms with E-state index in [1.807, 2.05) is 29.5 Å². The van der Waals surface area contributed by atoms with Crippen LogP contribution in [0.5, 0.6) is 5.75 Å². The Bertz CT molecular complexity index is 1520. The third-order valence-electron chi connectivity index (χ3n) is 6.15. The van der Waals surface area contributed by atoms with Crippen LogP contribution in [-0.2, 0) is 13.0 Å². The Balaban J connectivity index is 1.64. The first-order valence-corrected chi connectivity index (χ1v) is 11.3. The Hall–Kier alpha value is -3.66. The summed E-state index contributed by atoms with van der Waals surface area (Å²) >= 11 is 6.13. The Labute approximate surface area is 201 Å². The van der Waals surface area contributed by atoms with E-state index in [4.69, 9.17) is 16.3 Å². The summed E-state index contributed by atoms with van der Waals surface area (Å²) in [6, 6.07) is 15.7. The van der Waals surface area contributed by atoms with E-state index in [0.717, 1.165) is 16.8 Å². The molecule has 5 rings (SSSR count). The summed E-state index contributed by atoms with van der Waals surface area (Å²) in [5.41, 5.74) is 6.28. The highest BCUT2D eigenvalue weighted by atomic mass is 35.5. The van der Waals surface area contributed by atoms with Gasteiger partial charge in [0.1, 0.15) is 29.9 Å². The van der Waals surface area contributed by atoms with Crippen molar-refractivity contribution in [1.82, 2.24) is 9.38 Å². The number of aryl methyl sites for hydroxylation is 1. The highest BCUT2D eigenvalue weighted by molar-refractivity contribution is 6.30. The van der Waals surface area contributed by atoms with Crippen LogP contribution in [0.2, 0.25) is 5.02 Å². The van der Waals surface area contributed by atoms with Crippen molar-refractivity contribution in [2.24, 2.45) is 0 Å². The average molecular weight is 474 g/mol. The molecule has 7 heteroatoms. The minimum Gasteiger partial charge on any atom is -0.488 e. The molecule has 0 saturated heterocycles. The van der Waals surface area contributed by atoms with E-state index in [1.54, 1.807) is 31.3 Å². The first-order valence-electron chi connectivity index (χ1n) is 10.9. The van der Waals surface area contributed by atoms with Crippen molar-refractivity contribution in [3.05, 3.63) is 105 Å². The van der Waals surface area contributed by atoms with Crippen LogP contribution in [0.15, 0.2) is 60.3 Å². The number of aromatic nitrogens is 2. The van der Waals surface area contributed by atoms with Gasteiger partial charge in [-0.1, -0.05) is 30.7 Å². The van der Waals surface area contributed by atoms with Crippen molar-refractivity contribution >= 4 is 22.8 Å². The van der Waals surface area contributed by atoms with Crippen LogP contribution >= 0.6 is 11.6 Å². The molecule has 0 bridgehead atoms. The number of nitrogens with zero attached hydrogens (tertiary/aromatic N) is 3. The lowest BCUT2D eigenvalue weighted by Gasteiger charge is -2.16. The smallest absolute Gasteiger partial charge is 0.138 e. The average Bonchev–Trinajstić information content (AvgIpc) is 3.12. The molecule has 1 atom stereocenters. The van der Waals surface area contributed by atoms with Gasteiger partial charge in [-0.3, -0.25) is 0 Å². The zero-order valence-electron chi connectivity index (χ0n) is 18.6. The number of imidazole rings is 1. The van der Waals surface area contributed by atoms with Crippen LogP contribution in [0.1, 0.15) is 53.6 Å². The van der Waals surface area contributed by atoms with Gasteiger partial charge in [-0.15, -0.1) is 0 Å². The summed E-state index contributed by atoms with van der Waals surface area (Å²) in [6.07, 6.45) is 1.51. The molecule has 1 aliphatic rings. The van der Waals surface area contributed by atoms with Gasteiger partial charge >= 0.3 is 0 Å². The van der Waals surface area contributed by atoms with Gasteiger partial charge in [-0.05, 0) is 54.3 Å². The Morgan fingerprint density at radius 3 is 2.79 bits per heavy atom. The Kier molecular flexibility index (Phi) is 5.60. The fourth-order valence-electron chi connectivity index (χ4n) is 4.52. The molecule has 1 unspecified atom stereocenters. The lowest BCUT2D eigenvalue weighted by molar-refractivity contribution is 0.212. The van der Waals surface area contributed by atoms with Gasteiger partial charge in [0, 0.05) is 40.1 Å². The molecule has 1 N–H and O–H groups in total. The first-order chi connectivity index (χ1) is 16.4. The lowest BCUT2D eigenvalue weighted by atomic mass is 9.89. The predicted molar refractivity (Wildman–Crippen MR) is 128 cm³/mol. The van der Waals surface area contributed by atoms with Crippen molar-refractivity contribution < 1.29 is 14.2 Å². The SMILES string of the molecule is CCc1nc2cc(Cl)ccn2c1C(O)c1ccc2c(c1)COc1cc(F)ccc1C2=C(C)C#N. The van der Waals surface area contributed by atoms with E-state index in [1.165, 1.54) is 12.1 Å². The van der Waals surface area contributed by atoms with E-state index >= 15 is 0 Å². The Morgan fingerprint density at radius 2 is 2.03 bits per heavy atom. The number of fused-ring (bicyclic) bond motifs is 3. The minimum atomic E-state index is -0.941. The molecule has 4 aromatic rings. The minimum absolute atomic E-state index is 0.179. The van der Waals surface area contributed by atoms with Crippen LogP contribution in [-0.4, -0.2) is 14.5 Å². The zero-order valence-corrected chi connectivity index (χ0v) is 19.4. The number of nitriles is 1. The van der Waals surface area contributed by atoms with Crippen molar-refractivity contribution in [2.45, 2.75) is 33.0 Å². The fourth-order valence-corrected chi connectivity index (χ4v) is 4.68. The maximum atomic E-state index is 13.9. The summed E-state index contributed by atoms with van der Waals surface area (Å²) in [7, 11) is 0. The molecule has 5 nitrogen and oxygen atoms in total. The monoisotopic (exact) mass is 473 g/mol. The number of hydrogen-bond acceptors (Lipinski definition) is 4. The number of aliphatic hydroxyl groups excluding tert-OH is 1. The third-order valence-corrected chi connectivity index (χ3v) is 6.38. The molecular weight excluding hydrogens is 453 g/mol. The summed E-state index contributed by atoms with van der Waals surface area (Å²) in [4.78, 5) is 4.64. The number of halogens is 2. The molecule has 0 amide bonds. The van der Waals surface area contributed by atoms with Crippen LogP contribution in [0.25, 0.3) is 11.2 Å². The highest BCUT2D eigenvalue weighted by Gasteiger charge is 2.25. The van der Waals surface area contributed by atoms with E-state index < -0.39 is 11.9 Å². The lowest BCUT2D eigenvalue weighted by Crippen LogP contribution is -2.08. The summed E-state index contributed by atoms with van der Waals surface area (Å²) < 4.78 is 21.7. The van der Waals surface area contributed by atoms with Gasteiger partial charge in [-0.25, -0.2) is 9.37 Å². The van der Waals surface area contributed by atoms with Crippen LogP contribution in [0.4, 0.5) is 4.39 Å². The first kappa shape index (κ1) is 22.1. The number of benzene rings is 2. The van der Waals surface area contributed by atoms with Crippen molar-refractivity contribution in [3.8, 4) is 11.8 Å². The summed E-state index contributed by atoms with van der Waals surface area (Å²) in [5, 5.41) is 21.6. The number of ether oxygens (including phenoxy) is 1. The standard InChI is InChI=1S/C27H21ClFN3O2/c1-3-22-26(32-9-8-18(28)11-24(32)31-22)27(33)16-4-6-20-17(10-16)14-34-23-12-19(29)5-7-21(23)25(20)15(2)13-30/h4-12,27,33H,3,14H2,1-2H3. The van der Waals surface area contributed by atoms with Crippen molar-refractivity contribution in [2.75, 3.05) is 0 Å². The molecule has 0 radical (unpaired) electrons. The van der Waals surface area contributed by atoms with E-state index in [2.05, 4.69) is 11.1 Å². The fraction of sp³-hybridized carbons (Fsp3) is 0.185. The normalized spacial score (nSPS) is 15.1. The second kappa shape index (κ2) is 8.60. The second-order valence-electron chi connectivity index (χ2n) is 8.23. The molecule has 3 heterocycles. The maximum absolute atomic E-state index is 13.9. The molecule has 0 aliphatic carbocycles. The highest BCUT2D eigenvalue weighted by Crippen LogP contribution is 2.40. The molecule has 0 saturated carbocycles. The number of rotatable bonds is 3. The molecule has 1 aliphatic heterocycles. The number of aliphatic hydroxyl groups is 1. The van der Waals surface area contributed by atoms with Gasteiger partial charge in [-0.2, -0.15) is 5.26 Å². The number of allylic oxidation sites excluding steroid dienone is 1. The molecular formula is C27H21ClFN3O2. The summed E-state index contributed by atoms with van der Waals surface area (Å²) in [6.45, 7) is 3.90. The largest absolute Gasteiger partial charge is 0.488 e. The quantitative estimate of drug-likeness (QED) is 0.370. The van der Waals surface area contributed by atoms with Gasteiger partial charge in [0.05, 0.1) is 17.5 Å². The summed E-state index contributed by atoms with van der Waals surface area (Å²) in [5.74, 6) is -0.0237. The molecule has 2 aromatic carbocycles. The number of pyridine rings is 1. The number of hydrogen-bond donors (Lipinski definition) is 1. The second-order valence-corrected chi connectivity index (χ2v) is 8.67. The van der Waals surface area contributed by atoms with Gasteiger partial charge in [0.2, 0.25) is 0 Å². The predicted octanol–water partition coefficient (Wildman–Crippen LogP) is 6.01.